The van der Waals surface area contributed by atoms with E-state index in [-0.39, 0.29) is 31.1 Å². The van der Waals surface area contributed by atoms with Gasteiger partial charge in [-0.05, 0) is 24.3 Å². The third kappa shape index (κ3) is 5.67. The van der Waals surface area contributed by atoms with Crippen LogP contribution in [0.5, 0.6) is 5.88 Å². The number of amides is 2. The topological polar surface area (TPSA) is 122 Å². The number of halogens is 3. The molecule has 0 saturated carbocycles. The molecule has 2 amide bonds. The molecule has 11 heteroatoms. The first-order valence-corrected chi connectivity index (χ1v) is 9.89. The summed E-state index contributed by atoms with van der Waals surface area (Å²) in [4.78, 5) is 20.0. The molecule has 3 aromatic rings. The number of nitrogens with two attached hydrogens (primary N) is 1. The summed E-state index contributed by atoms with van der Waals surface area (Å²) in [5, 5.41) is 13.4. The Balaban J connectivity index is 1.70. The summed E-state index contributed by atoms with van der Waals surface area (Å²) in [7, 11) is 0. The lowest BCUT2D eigenvalue weighted by Gasteiger charge is -2.19. The Labute approximate surface area is 187 Å². The van der Waals surface area contributed by atoms with Crippen LogP contribution in [0.1, 0.15) is 11.7 Å². The lowest BCUT2D eigenvalue weighted by Crippen LogP contribution is -2.30. The van der Waals surface area contributed by atoms with Gasteiger partial charge >= 0.3 is 6.03 Å². The fourth-order valence-corrected chi connectivity index (χ4v) is 3.08. The SMILES string of the molecule is NCC(Oc1cnc(-c2ccc(NC(=O)NCCO)cc2)cn1)c1c(F)ccc(F)c1Cl. The lowest BCUT2D eigenvalue weighted by molar-refractivity contribution is 0.199. The average Bonchev–Trinajstić information content (AvgIpc) is 2.80. The molecule has 0 bridgehead atoms. The highest BCUT2D eigenvalue weighted by Crippen LogP contribution is 2.31. The fraction of sp³-hybridized carbons (Fsp3) is 0.190. The summed E-state index contributed by atoms with van der Waals surface area (Å²) < 4.78 is 33.5. The molecule has 1 aromatic heterocycles. The van der Waals surface area contributed by atoms with Gasteiger partial charge in [-0.25, -0.2) is 23.5 Å². The Morgan fingerprint density at radius 2 is 1.84 bits per heavy atom. The molecule has 3 rings (SSSR count). The van der Waals surface area contributed by atoms with E-state index in [0.717, 1.165) is 17.7 Å². The van der Waals surface area contributed by atoms with Crippen LogP contribution in [-0.2, 0) is 0 Å². The highest BCUT2D eigenvalue weighted by atomic mass is 35.5. The first-order valence-electron chi connectivity index (χ1n) is 9.51. The van der Waals surface area contributed by atoms with Gasteiger partial charge in [-0.1, -0.05) is 23.7 Å². The van der Waals surface area contributed by atoms with Gasteiger partial charge in [0.05, 0.1) is 35.3 Å². The molecule has 5 N–H and O–H groups in total. The van der Waals surface area contributed by atoms with E-state index in [1.807, 2.05) is 0 Å². The van der Waals surface area contributed by atoms with Crippen molar-refractivity contribution in [3.8, 4) is 17.1 Å². The molecule has 0 aliphatic carbocycles. The van der Waals surface area contributed by atoms with E-state index in [0.29, 0.717) is 11.4 Å². The summed E-state index contributed by atoms with van der Waals surface area (Å²) in [6, 6.07) is 8.27. The third-order valence-electron chi connectivity index (χ3n) is 4.34. The Kier molecular flexibility index (Phi) is 7.87. The number of hydrogen-bond donors (Lipinski definition) is 4. The molecule has 0 aliphatic heterocycles. The van der Waals surface area contributed by atoms with E-state index < -0.39 is 28.8 Å². The largest absolute Gasteiger partial charge is 0.467 e. The number of benzene rings is 2. The summed E-state index contributed by atoms with van der Waals surface area (Å²) in [6.45, 7) is -0.165. The molecular weight excluding hydrogens is 444 g/mol. The molecule has 1 heterocycles. The Morgan fingerprint density at radius 3 is 2.47 bits per heavy atom. The maximum atomic E-state index is 14.2. The van der Waals surface area contributed by atoms with Crippen LogP contribution in [0.15, 0.2) is 48.8 Å². The second kappa shape index (κ2) is 10.8. The molecule has 2 aromatic carbocycles. The predicted octanol–water partition coefficient (Wildman–Crippen LogP) is 3.27. The number of ether oxygens (including phenoxy) is 1. The molecule has 8 nitrogen and oxygen atoms in total. The van der Waals surface area contributed by atoms with Crippen molar-refractivity contribution in [3.63, 3.8) is 0 Å². The summed E-state index contributed by atoms with van der Waals surface area (Å²) in [5.41, 5.74) is 7.28. The Hall–Kier alpha value is -3.34. The van der Waals surface area contributed by atoms with Gasteiger partial charge < -0.3 is 26.2 Å². The number of aromatic nitrogens is 2. The van der Waals surface area contributed by atoms with Gasteiger partial charge in [0.25, 0.3) is 0 Å². The molecule has 1 unspecified atom stereocenters. The predicted molar refractivity (Wildman–Crippen MR) is 115 cm³/mol. The molecule has 0 aliphatic rings. The van der Waals surface area contributed by atoms with Crippen molar-refractivity contribution in [2.24, 2.45) is 5.73 Å². The van der Waals surface area contributed by atoms with Gasteiger partial charge in [-0.2, -0.15) is 0 Å². The quantitative estimate of drug-likeness (QED) is 0.380. The zero-order valence-electron chi connectivity index (χ0n) is 16.7. The first-order chi connectivity index (χ1) is 15.4. The summed E-state index contributed by atoms with van der Waals surface area (Å²) in [6.07, 6.45) is 1.72. The average molecular weight is 464 g/mol. The molecule has 0 fully saturated rings. The number of rotatable bonds is 8. The fourth-order valence-electron chi connectivity index (χ4n) is 2.80. The zero-order valence-corrected chi connectivity index (χ0v) is 17.4. The number of aliphatic hydroxyl groups is 1. The maximum absolute atomic E-state index is 14.2. The van der Waals surface area contributed by atoms with Crippen LogP contribution in [0, 0.1) is 11.6 Å². The van der Waals surface area contributed by atoms with Crippen molar-refractivity contribution in [1.82, 2.24) is 15.3 Å². The van der Waals surface area contributed by atoms with Crippen molar-refractivity contribution in [2.45, 2.75) is 6.10 Å². The minimum absolute atomic E-state index is 0.0581. The van der Waals surface area contributed by atoms with E-state index in [2.05, 4.69) is 20.6 Å². The Morgan fingerprint density at radius 1 is 1.12 bits per heavy atom. The van der Waals surface area contributed by atoms with Crippen molar-refractivity contribution < 1.29 is 23.4 Å². The van der Waals surface area contributed by atoms with Gasteiger partial charge in [-0.3, -0.25) is 0 Å². The molecule has 0 radical (unpaired) electrons. The number of nitrogens with zero attached hydrogens (tertiary/aromatic N) is 2. The number of aliphatic hydroxyl groups excluding tert-OH is 1. The van der Waals surface area contributed by atoms with Crippen molar-refractivity contribution in [3.05, 3.63) is 71.0 Å². The first kappa shape index (κ1) is 23.3. The van der Waals surface area contributed by atoms with Gasteiger partial charge in [0, 0.05) is 24.3 Å². The highest BCUT2D eigenvalue weighted by Gasteiger charge is 2.23. The molecule has 1 atom stereocenters. The second-order valence-electron chi connectivity index (χ2n) is 6.52. The van der Waals surface area contributed by atoms with Gasteiger partial charge in [0.15, 0.2) is 0 Å². The van der Waals surface area contributed by atoms with E-state index in [1.165, 1.54) is 12.4 Å². The van der Waals surface area contributed by atoms with Gasteiger partial charge in [-0.15, -0.1) is 0 Å². The van der Waals surface area contributed by atoms with E-state index in [4.69, 9.17) is 27.2 Å². The van der Waals surface area contributed by atoms with Crippen molar-refractivity contribution in [1.29, 1.82) is 0 Å². The van der Waals surface area contributed by atoms with Crippen LogP contribution in [0.2, 0.25) is 5.02 Å². The van der Waals surface area contributed by atoms with E-state index >= 15 is 0 Å². The minimum atomic E-state index is -1.05. The molecule has 168 valence electrons. The second-order valence-corrected chi connectivity index (χ2v) is 6.90. The molecule has 32 heavy (non-hydrogen) atoms. The minimum Gasteiger partial charge on any atom is -0.467 e. The van der Waals surface area contributed by atoms with Gasteiger partial charge in [0.1, 0.15) is 17.7 Å². The number of nitrogens with one attached hydrogen (secondary N) is 2. The normalized spacial score (nSPS) is 11.7. The summed E-state index contributed by atoms with van der Waals surface area (Å²) in [5.74, 6) is -1.46. The smallest absolute Gasteiger partial charge is 0.319 e. The molecular formula is C21H20ClF2N5O3. The van der Waals surface area contributed by atoms with E-state index in [9.17, 15) is 13.6 Å². The van der Waals surface area contributed by atoms with Crippen molar-refractivity contribution >= 4 is 23.3 Å². The number of anilines is 1. The number of hydrogen-bond acceptors (Lipinski definition) is 6. The highest BCUT2D eigenvalue weighted by molar-refractivity contribution is 6.31. The molecule has 0 saturated heterocycles. The number of carbonyl (C=O) groups excluding carboxylic acids is 1. The van der Waals surface area contributed by atoms with Crippen LogP contribution in [-0.4, -0.2) is 40.8 Å². The van der Waals surface area contributed by atoms with Crippen LogP contribution in [0.3, 0.4) is 0 Å². The van der Waals surface area contributed by atoms with Crippen LogP contribution < -0.4 is 21.1 Å². The lowest BCUT2D eigenvalue weighted by atomic mass is 10.1. The summed E-state index contributed by atoms with van der Waals surface area (Å²) >= 11 is 5.88. The zero-order chi connectivity index (χ0) is 23.1. The van der Waals surface area contributed by atoms with Crippen LogP contribution in [0.4, 0.5) is 19.3 Å². The van der Waals surface area contributed by atoms with Crippen molar-refractivity contribution in [2.75, 3.05) is 25.0 Å². The number of urea groups is 1. The van der Waals surface area contributed by atoms with Gasteiger partial charge in [0.2, 0.25) is 5.88 Å². The van der Waals surface area contributed by atoms with Crippen LogP contribution >= 0.6 is 11.6 Å². The Bertz CT molecular complexity index is 1070. The monoisotopic (exact) mass is 463 g/mol. The van der Waals surface area contributed by atoms with Crippen LogP contribution in [0.25, 0.3) is 11.3 Å². The third-order valence-corrected chi connectivity index (χ3v) is 4.73. The number of carbonyl (C=O) groups is 1. The van der Waals surface area contributed by atoms with E-state index in [1.54, 1.807) is 24.3 Å². The standard InChI is InChI=1S/C21H20ClF2N5O3/c22-20-15(24)6-5-14(23)19(20)17(9-25)32-18-11-27-16(10-28-18)12-1-3-13(4-2-12)29-21(31)26-7-8-30/h1-6,10-11,17,30H,7-9,25H2,(H2,26,29,31). The molecule has 0 spiro atoms. The maximum Gasteiger partial charge on any atom is 0.319 e.